The predicted molar refractivity (Wildman–Crippen MR) is 51.0 cm³/mol. The molecule has 4 nitrogen and oxygen atoms in total. The van der Waals surface area contributed by atoms with Crippen LogP contribution in [0.15, 0.2) is 0 Å². The zero-order valence-corrected chi connectivity index (χ0v) is 8.08. The molecule has 0 aliphatic heterocycles. The molecule has 0 rings (SSSR count). The van der Waals surface area contributed by atoms with Crippen molar-refractivity contribution >= 4 is 0 Å². The second-order valence-corrected chi connectivity index (χ2v) is 2.52. The molecule has 4 heteroatoms. The first-order chi connectivity index (χ1) is 5.68. The van der Waals surface area contributed by atoms with Gasteiger partial charge in [0.05, 0.1) is 12.7 Å². The van der Waals surface area contributed by atoms with Crippen molar-refractivity contribution in [3.63, 3.8) is 0 Å². The molecule has 0 fully saturated rings. The van der Waals surface area contributed by atoms with Gasteiger partial charge >= 0.3 is 0 Å². The second kappa shape index (κ2) is 13.4. The number of aliphatic hydroxyl groups excluding tert-OH is 2. The van der Waals surface area contributed by atoms with Gasteiger partial charge < -0.3 is 21.3 Å². The minimum absolute atomic E-state index is 0.116. The van der Waals surface area contributed by atoms with Gasteiger partial charge in [-0.15, -0.1) is 0 Å². The summed E-state index contributed by atoms with van der Waals surface area (Å²) < 4.78 is 0. The van der Waals surface area contributed by atoms with E-state index in [1.165, 1.54) is 0 Å². The summed E-state index contributed by atoms with van der Waals surface area (Å²) in [6.45, 7) is 6.00. The lowest BCUT2D eigenvalue weighted by Crippen LogP contribution is -2.24. The van der Waals surface area contributed by atoms with Gasteiger partial charge in [0.15, 0.2) is 0 Å². The Labute approximate surface area is 74.8 Å². The first-order valence-electron chi connectivity index (χ1n) is 4.38. The molecule has 12 heavy (non-hydrogen) atoms. The maximum Gasteiger partial charge on any atom is 0.0555 e. The first kappa shape index (κ1) is 14.4. The monoisotopic (exact) mass is 178 g/mol. The van der Waals surface area contributed by atoms with Gasteiger partial charge in [-0.1, -0.05) is 6.92 Å². The van der Waals surface area contributed by atoms with Gasteiger partial charge in [0.2, 0.25) is 0 Å². The molecule has 76 valence electrons. The fourth-order valence-corrected chi connectivity index (χ4v) is 0.306. The van der Waals surface area contributed by atoms with Crippen molar-refractivity contribution in [2.45, 2.75) is 26.4 Å². The van der Waals surface area contributed by atoms with Gasteiger partial charge in [0, 0.05) is 19.6 Å². The number of aliphatic hydroxyl groups is 2. The topological polar surface area (TPSA) is 78.5 Å². The highest BCUT2D eigenvalue weighted by Gasteiger charge is 1.81. The van der Waals surface area contributed by atoms with Gasteiger partial charge in [-0.05, 0) is 13.3 Å². The zero-order chi connectivity index (χ0) is 9.82. The molecule has 0 bridgehead atoms. The Hall–Kier alpha value is -0.160. The third-order valence-corrected chi connectivity index (χ3v) is 1.20. The molecule has 5 N–H and O–H groups in total. The van der Waals surface area contributed by atoms with E-state index in [0.29, 0.717) is 13.1 Å². The highest BCUT2D eigenvalue weighted by molar-refractivity contribution is 4.42. The summed E-state index contributed by atoms with van der Waals surface area (Å²) in [4.78, 5) is 0. The van der Waals surface area contributed by atoms with E-state index in [-0.39, 0.29) is 12.7 Å². The normalized spacial score (nSPS) is 11.8. The molecule has 0 aliphatic carbocycles. The van der Waals surface area contributed by atoms with Crippen LogP contribution in [0.4, 0.5) is 0 Å². The van der Waals surface area contributed by atoms with Gasteiger partial charge in [-0.3, -0.25) is 0 Å². The van der Waals surface area contributed by atoms with E-state index in [1.807, 2.05) is 6.92 Å². The summed E-state index contributed by atoms with van der Waals surface area (Å²) in [7, 11) is 0. The number of hydrogen-bond acceptors (Lipinski definition) is 4. The summed E-state index contributed by atoms with van der Waals surface area (Å²) in [5.74, 6) is 0. The Morgan fingerprint density at radius 3 is 2.17 bits per heavy atom. The maximum absolute atomic E-state index is 8.36. The Balaban J connectivity index is 0. The molecule has 1 atom stereocenters. The molecule has 0 aromatic rings. The lowest BCUT2D eigenvalue weighted by molar-refractivity contribution is 0.191. The van der Waals surface area contributed by atoms with Crippen molar-refractivity contribution in [2.75, 3.05) is 26.2 Å². The van der Waals surface area contributed by atoms with E-state index in [1.54, 1.807) is 6.92 Å². The third kappa shape index (κ3) is 22.5. The van der Waals surface area contributed by atoms with Crippen LogP contribution in [0.5, 0.6) is 0 Å². The predicted octanol–water partition coefficient (Wildman–Crippen LogP) is -0.696. The van der Waals surface area contributed by atoms with Crippen molar-refractivity contribution in [3.8, 4) is 0 Å². The van der Waals surface area contributed by atoms with Crippen LogP contribution < -0.4 is 11.1 Å². The van der Waals surface area contributed by atoms with E-state index in [4.69, 9.17) is 15.9 Å². The summed E-state index contributed by atoms with van der Waals surface area (Å²) >= 11 is 0. The Morgan fingerprint density at radius 1 is 1.42 bits per heavy atom. The number of nitrogens with one attached hydrogen (secondary N) is 1. The van der Waals surface area contributed by atoms with Gasteiger partial charge in [-0.25, -0.2) is 0 Å². The van der Waals surface area contributed by atoms with Gasteiger partial charge in [0.1, 0.15) is 0 Å². The van der Waals surface area contributed by atoms with Crippen molar-refractivity contribution in [1.82, 2.24) is 5.32 Å². The third-order valence-electron chi connectivity index (χ3n) is 1.20. The lowest BCUT2D eigenvalue weighted by atomic mass is 10.3. The first-order valence-corrected chi connectivity index (χ1v) is 4.38. The van der Waals surface area contributed by atoms with Crippen molar-refractivity contribution in [1.29, 1.82) is 0 Å². The standard InChI is InChI=1S/C4H12N2O.C4H10O/c5-1-2-6-3-4-7;1-3-4(2)5/h6-7H,1-5H2;4-5H,3H2,1-2H3. The average Bonchev–Trinajstić information content (AvgIpc) is 2.07. The van der Waals surface area contributed by atoms with Crippen LogP contribution in [0.2, 0.25) is 0 Å². The summed E-state index contributed by atoms with van der Waals surface area (Å²) in [5, 5.41) is 19.5. The highest BCUT2D eigenvalue weighted by atomic mass is 16.3. The number of rotatable bonds is 5. The van der Waals surface area contributed by atoms with Crippen LogP contribution in [0.25, 0.3) is 0 Å². The zero-order valence-electron chi connectivity index (χ0n) is 8.08. The van der Waals surface area contributed by atoms with Crippen molar-refractivity contribution in [2.24, 2.45) is 5.73 Å². The van der Waals surface area contributed by atoms with Crippen molar-refractivity contribution in [3.05, 3.63) is 0 Å². The molecule has 1 unspecified atom stereocenters. The molecule has 0 heterocycles. The summed E-state index contributed by atoms with van der Waals surface area (Å²) in [6.07, 6.45) is 0.745. The number of nitrogens with two attached hydrogens (primary N) is 1. The van der Waals surface area contributed by atoms with Crippen LogP contribution in [0, 0.1) is 0 Å². The molecule has 0 saturated heterocycles. The van der Waals surface area contributed by atoms with Gasteiger partial charge in [-0.2, -0.15) is 0 Å². The minimum Gasteiger partial charge on any atom is -0.395 e. The van der Waals surface area contributed by atoms with Crippen LogP contribution in [0.3, 0.4) is 0 Å². The van der Waals surface area contributed by atoms with E-state index in [0.717, 1.165) is 13.0 Å². The molecule has 0 aromatic heterocycles. The largest absolute Gasteiger partial charge is 0.395 e. The molecular weight excluding hydrogens is 156 g/mol. The van der Waals surface area contributed by atoms with Crippen LogP contribution >= 0.6 is 0 Å². The van der Waals surface area contributed by atoms with Crippen LogP contribution in [0.1, 0.15) is 20.3 Å². The smallest absolute Gasteiger partial charge is 0.0555 e. The lowest BCUT2D eigenvalue weighted by Gasteiger charge is -1.95. The van der Waals surface area contributed by atoms with Crippen molar-refractivity contribution < 1.29 is 10.2 Å². The van der Waals surface area contributed by atoms with E-state index in [2.05, 4.69) is 5.32 Å². The Kier molecular flexibility index (Phi) is 16.1. The highest BCUT2D eigenvalue weighted by Crippen LogP contribution is 1.81. The second-order valence-electron chi connectivity index (χ2n) is 2.52. The fraction of sp³-hybridized carbons (Fsp3) is 1.00. The maximum atomic E-state index is 8.36. The SMILES string of the molecule is CCC(C)O.NCCNCCO. The Morgan fingerprint density at radius 2 is 1.92 bits per heavy atom. The molecule has 0 radical (unpaired) electrons. The molecule has 0 amide bonds. The Bertz CT molecular complexity index is 66.1. The van der Waals surface area contributed by atoms with E-state index >= 15 is 0 Å². The molecular formula is C8H22N2O2. The summed E-state index contributed by atoms with van der Waals surface area (Å²) in [6, 6.07) is 0. The quantitative estimate of drug-likeness (QED) is 0.420. The molecule has 0 aromatic carbocycles. The summed E-state index contributed by atoms with van der Waals surface area (Å²) in [5.41, 5.74) is 5.13. The molecule has 0 saturated carbocycles. The van der Waals surface area contributed by atoms with E-state index in [9.17, 15) is 0 Å². The minimum atomic E-state index is -0.116. The fourth-order valence-electron chi connectivity index (χ4n) is 0.306. The van der Waals surface area contributed by atoms with Crippen LogP contribution in [-0.4, -0.2) is 42.6 Å². The molecule has 0 aliphatic rings. The molecule has 0 spiro atoms. The average molecular weight is 178 g/mol. The number of hydrogen-bond donors (Lipinski definition) is 4. The van der Waals surface area contributed by atoms with E-state index < -0.39 is 0 Å². The van der Waals surface area contributed by atoms with Crippen LogP contribution in [-0.2, 0) is 0 Å². The van der Waals surface area contributed by atoms with Gasteiger partial charge in [0.25, 0.3) is 0 Å².